The first-order valence-electron chi connectivity index (χ1n) is 9.74. The van der Waals surface area contributed by atoms with Crippen LogP contribution in [0.5, 0.6) is 0 Å². The molecule has 160 valence electrons. The predicted molar refractivity (Wildman–Crippen MR) is 122 cm³/mol. The number of nitrogens with zero attached hydrogens (tertiary/aromatic N) is 3. The number of rotatable bonds is 2. The van der Waals surface area contributed by atoms with Gasteiger partial charge in [0.05, 0.1) is 41.4 Å². The van der Waals surface area contributed by atoms with Crippen LogP contribution in [0.15, 0.2) is 39.5 Å². The van der Waals surface area contributed by atoms with E-state index in [1.165, 1.54) is 17.8 Å². The lowest BCUT2D eigenvalue weighted by molar-refractivity contribution is 0.384. The molecule has 0 saturated heterocycles. The highest BCUT2D eigenvalue weighted by atomic mass is 35.5. The summed E-state index contributed by atoms with van der Waals surface area (Å²) in [7, 11) is 0. The van der Waals surface area contributed by atoms with E-state index < -0.39 is 0 Å². The van der Waals surface area contributed by atoms with Crippen molar-refractivity contribution in [3.8, 4) is 0 Å². The Labute approximate surface area is 191 Å². The summed E-state index contributed by atoms with van der Waals surface area (Å²) in [6.45, 7) is 1.27. The number of fused-ring (bicyclic) bond motifs is 3. The Bertz CT molecular complexity index is 1080. The third kappa shape index (κ3) is 4.27. The highest BCUT2D eigenvalue weighted by Gasteiger charge is 2.31. The van der Waals surface area contributed by atoms with Crippen molar-refractivity contribution in [2.45, 2.75) is 38.1 Å². The SMILES string of the molecule is Cl.Cl.Fc1ccc(C2CCC(C3=NNCc4c3[nH]c3c4=NCC=C(Cl)C=3)CC2)nc1. The number of aromatic nitrogens is 2. The summed E-state index contributed by atoms with van der Waals surface area (Å²) in [5, 5.41) is 7.32. The lowest BCUT2D eigenvalue weighted by Gasteiger charge is -2.30. The minimum absolute atomic E-state index is 0. The number of hydrazone groups is 1. The molecule has 5 rings (SSSR count). The molecule has 0 bridgehead atoms. The van der Waals surface area contributed by atoms with Crippen molar-refractivity contribution < 1.29 is 4.39 Å². The number of aromatic amines is 1. The van der Waals surface area contributed by atoms with Crippen molar-refractivity contribution in [1.29, 1.82) is 0 Å². The molecule has 1 saturated carbocycles. The number of hydrogen-bond donors (Lipinski definition) is 2. The van der Waals surface area contributed by atoms with Gasteiger partial charge in [-0.15, -0.1) is 24.8 Å². The molecule has 4 heterocycles. The maximum Gasteiger partial charge on any atom is 0.141 e. The maximum atomic E-state index is 13.1. The van der Waals surface area contributed by atoms with Crippen LogP contribution in [-0.4, -0.2) is 22.2 Å². The molecule has 9 heteroatoms. The molecule has 0 radical (unpaired) electrons. The average Bonchev–Trinajstić information content (AvgIpc) is 2.95. The van der Waals surface area contributed by atoms with Crippen LogP contribution in [0.4, 0.5) is 4.39 Å². The van der Waals surface area contributed by atoms with Crippen LogP contribution in [0.1, 0.15) is 48.6 Å². The third-order valence-corrected chi connectivity index (χ3v) is 6.18. The number of pyridine rings is 1. The molecule has 2 aromatic heterocycles. The second-order valence-corrected chi connectivity index (χ2v) is 8.03. The van der Waals surface area contributed by atoms with Gasteiger partial charge < -0.3 is 10.4 Å². The van der Waals surface area contributed by atoms with E-state index in [4.69, 9.17) is 16.6 Å². The summed E-state index contributed by atoms with van der Waals surface area (Å²) >= 11 is 6.23. The zero-order chi connectivity index (χ0) is 19.1. The Morgan fingerprint density at radius 1 is 1.07 bits per heavy atom. The summed E-state index contributed by atoms with van der Waals surface area (Å²) in [6, 6.07) is 3.32. The summed E-state index contributed by atoms with van der Waals surface area (Å²) in [4.78, 5) is 12.5. The molecular weight excluding hydrogens is 448 g/mol. The Balaban J connectivity index is 0.00000128. The average molecular weight is 471 g/mol. The van der Waals surface area contributed by atoms with Gasteiger partial charge in [-0.2, -0.15) is 5.10 Å². The first kappa shape index (κ1) is 22.8. The number of halogens is 4. The third-order valence-electron chi connectivity index (χ3n) is 5.91. The quantitative estimate of drug-likeness (QED) is 0.703. The Morgan fingerprint density at radius 2 is 1.83 bits per heavy atom. The van der Waals surface area contributed by atoms with E-state index in [1.54, 1.807) is 0 Å². The molecule has 30 heavy (non-hydrogen) atoms. The molecule has 1 aliphatic carbocycles. The van der Waals surface area contributed by atoms with Gasteiger partial charge in [-0.25, -0.2) is 4.39 Å². The molecule has 0 spiro atoms. The van der Waals surface area contributed by atoms with Crippen LogP contribution >= 0.6 is 36.4 Å². The maximum absolute atomic E-state index is 13.1. The van der Waals surface area contributed by atoms with Crippen molar-refractivity contribution in [2.75, 3.05) is 6.54 Å². The van der Waals surface area contributed by atoms with Gasteiger partial charge >= 0.3 is 0 Å². The van der Waals surface area contributed by atoms with Crippen LogP contribution in [0, 0.1) is 11.7 Å². The van der Waals surface area contributed by atoms with Crippen LogP contribution in [0.25, 0.3) is 6.08 Å². The van der Waals surface area contributed by atoms with E-state index in [0.29, 0.717) is 30.0 Å². The van der Waals surface area contributed by atoms with Gasteiger partial charge in [-0.1, -0.05) is 11.6 Å². The Hall–Kier alpha value is -1.89. The van der Waals surface area contributed by atoms with Gasteiger partial charge in [-0.05, 0) is 50.0 Å². The van der Waals surface area contributed by atoms with E-state index in [2.05, 4.69) is 20.5 Å². The lowest BCUT2D eigenvalue weighted by Crippen LogP contribution is -2.31. The smallest absolute Gasteiger partial charge is 0.141 e. The number of hydrogen-bond acceptors (Lipinski definition) is 4. The van der Waals surface area contributed by atoms with Gasteiger partial charge in [0.1, 0.15) is 5.82 Å². The lowest BCUT2D eigenvalue weighted by atomic mass is 9.77. The van der Waals surface area contributed by atoms with Crippen LogP contribution in [0.3, 0.4) is 0 Å². The molecule has 2 N–H and O–H groups in total. The first-order valence-corrected chi connectivity index (χ1v) is 10.1. The molecule has 3 aliphatic rings. The highest BCUT2D eigenvalue weighted by Crippen LogP contribution is 2.37. The molecule has 5 nitrogen and oxygen atoms in total. The summed E-state index contributed by atoms with van der Waals surface area (Å²) < 4.78 is 13.1. The highest BCUT2D eigenvalue weighted by molar-refractivity contribution is 6.34. The zero-order valence-corrected chi connectivity index (χ0v) is 18.6. The zero-order valence-electron chi connectivity index (χ0n) is 16.2. The standard InChI is InChI=1S/C21H21ClFN5.2ClH/c22-14-7-8-24-20-16-11-26-28-19(21(16)27-18(20)9-14)13-3-1-12(2-4-13)17-6-5-15(23)10-25-17;;/h5-7,9-10,12-13,26-27H,1-4,8,11H2;2*1H. The predicted octanol–water partition coefficient (Wildman–Crippen LogP) is 3.71. The Morgan fingerprint density at radius 3 is 2.57 bits per heavy atom. The van der Waals surface area contributed by atoms with Gasteiger partial charge in [0.15, 0.2) is 0 Å². The number of allylic oxidation sites excluding steroid dienone is 1. The van der Waals surface area contributed by atoms with Crippen molar-refractivity contribution in [3.05, 3.63) is 62.9 Å². The van der Waals surface area contributed by atoms with E-state index in [-0.39, 0.29) is 30.6 Å². The van der Waals surface area contributed by atoms with Crippen molar-refractivity contribution in [3.63, 3.8) is 0 Å². The summed E-state index contributed by atoms with van der Waals surface area (Å²) in [5.74, 6) is 0.494. The summed E-state index contributed by atoms with van der Waals surface area (Å²) in [5.41, 5.74) is 7.55. The van der Waals surface area contributed by atoms with Gasteiger partial charge in [0.25, 0.3) is 0 Å². The molecule has 0 aromatic carbocycles. The van der Waals surface area contributed by atoms with Crippen LogP contribution in [0.2, 0.25) is 0 Å². The van der Waals surface area contributed by atoms with Crippen molar-refractivity contribution in [2.24, 2.45) is 16.0 Å². The first-order chi connectivity index (χ1) is 13.7. The minimum Gasteiger partial charge on any atom is -0.352 e. The van der Waals surface area contributed by atoms with Crippen molar-refractivity contribution in [1.82, 2.24) is 15.4 Å². The second kappa shape index (κ2) is 9.50. The van der Waals surface area contributed by atoms with E-state index in [9.17, 15) is 4.39 Å². The van der Waals surface area contributed by atoms with Gasteiger partial charge in [0, 0.05) is 28.1 Å². The van der Waals surface area contributed by atoms with Gasteiger partial charge in [-0.3, -0.25) is 9.98 Å². The molecule has 0 unspecified atom stereocenters. The molecular formula is C21H23Cl3FN5. The minimum atomic E-state index is -0.281. The monoisotopic (exact) mass is 469 g/mol. The van der Waals surface area contributed by atoms with Gasteiger partial charge in [0.2, 0.25) is 0 Å². The van der Waals surface area contributed by atoms with E-state index >= 15 is 0 Å². The largest absolute Gasteiger partial charge is 0.352 e. The fourth-order valence-electron chi connectivity index (χ4n) is 4.49. The molecule has 1 fully saturated rings. The Kier molecular flexibility index (Phi) is 7.22. The normalized spacial score (nSPS) is 22.2. The molecule has 0 atom stereocenters. The van der Waals surface area contributed by atoms with E-state index in [0.717, 1.165) is 53.5 Å². The molecule has 0 amide bonds. The van der Waals surface area contributed by atoms with Crippen molar-refractivity contribution >= 4 is 48.2 Å². The fraction of sp³-hybridized carbons (Fsp3) is 0.381. The van der Waals surface area contributed by atoms with Crippen LogP contribution in [-0.2, 0) is 6.54 Å². The molecule has 2 aromatic rings. The molecule has 2 aliphatic heterocycles. The van der Waals surface area contributed by atoms with E-state index in [1.807, 2.05) is 18.2 Å². The number of nitrogens with one attached hydrogen (secondary N) is 2. The fourth-order valence-corrected chi connectivity index (χ4v) is 4.67. The topological polar surface area (TPSA) is 65.4 Å². The summed E-state index contributed by atoms with van der Waals surface area (Å²) in [6.07, 6.45) is 9.31. The second-order valence-electron chi connectivity index (χ2n) is 7.60. The number of H-pyrrole nitrogens is 1. The van der Waals surface area contributed by atoms with Crippen LogP contribution < -0.4 is 16.1 Å².